The molecule has 2 heteroatoms. The minimum absolute atomic E-state index is 0.305. The van der Waals surface area contributed by atoms with Crippen molar-refractivity contribution in [2.24, 2.45) is 0 Å². The molecular weight excluding hydrogens is 284 g/mol. The van der Waals surface area contributed by atoms with Crippen molar-refractivity contribution < 1.29 is 4.42 Å². The Hall–Kier alpha value is -3.13. The van der Waals surface area contributed by atoms with E-state index in [4.69, 9.17) is 4.42 Å². The second-order valence-corrected chi connectivity index (χ2v) is 5.40. The molecule has 0 atom stereocenters. The average molecular weight is 298 g/mol. The van der Waals surface area contributed by atoms with Crippen molar-refractivity contribution in [3.05, 3.63) is 95.3 Å². The number of rotatable bonds is 2. The lowest BCUT2D eigenvalue weighted by Gasteiger charge is -2.09. The van der Waals surface area contributed by atoms with Crippen LogP contribution in [0.25, 0.3) is 33.2 Å². The predicted molar refractivity (Wildman–Crippen MR) is 93.4 cm³/mol. The molecule has 0 saturated heterocycles. The smallest absolute Gasteiger partial charge is 0.344 e. The Labute approximate surface area is 133 Å². The van der Waals surface area contributed by atoms with Gasteiger partial charge in [0.15, 0.2) is 0 Å². The molecule has 0 radical (unpaired) electrons. The molecule has 0 fully saturated rings. The van der Waals surface area contributed by atoms with E-state index in [-0.39, 0.29) is 5.63 Å². The van der Waals surface area contributed by atoms with Crippen LogP contribution in [0.1, 0.15) is 0 Å². The van der Waals surface area contributed by atoms with Gasteiger partial charge in [0.1, 0.15) is 5.76 Å². The Balaban J connectivity index is 1.97. The average Bonchev–Trinajstić information content (AvgIpc) is 2.62. The molecule has 2 nitrogen and oxygen atoms in total. The lowest BCUT2D eigenvalue weighted by atomic mass is 9.97. The van der Waals surface area contributed by atoms with Crippen LogP contribution in [0.15, 0.2) is 94.1 Å². The van der Waals surface area contributed by atoms with Crippen molar-refractivity contribution in [2.45, 2.75) is 0 Å². The highest BCUT2D eigenvalue weighted by Gasteiger charge is 2.11. The fourth-order valence-corrected chi connectivity index (χ4v) is 2.83. The Bertz CT molecular complexity index is 1030. The van der Waals surface area contributed by atoms with E-state index in [0.717, 1.165) is 22.1 Å². The number of hydrogen-bond donors (Lipinski definition) is 0. The van der Waals surface area contributed by atoms with Gasteiger partial charge in [0.2, 0.25) is 0 Å². The third-order valence-corrected chi connectivity index (χ3v) is 3.95. The van der Waals surface area contributed by atoms with Gasteiger partial charge in [-0.3, -0.25) is 0 Å². The first-order valence-corrected chi connectivity index (χ1v) is 7.51. The molecule has 23 heavy (non-hydrogen) atoms. The Morgan fingerprint density at radius 2 is 1.30 bits per heavy atom. The summed E-state index contributed by atoms with van der Waals surface area (Å²) >= 11 is 0. The fourth-order valence-electron chi connectivity index (χ4n) is 2.83. The summed E-state index contributed by atoms with van der Waals surface area (Å²) < 4.78 is 5.58. The maximum Gasteiger partial charge on any atom is 0.344 e. The Kier molecular flexibility index (Phi) is 3.28. The molecule has 4 rings (SSSR count). The second-order valence-electron chi connectivity index (χ2n) is 5.40. The van der Waals surface area contributed by atoms with Crippen LogP contribution in [0.5, 0.6) is 0 Å². The van der Waals surface area contributed by atoms with Gasteiger partial charge in [-0.25, -0.2) is 4.79 Å². The zero-order chi connectivity index (χ0) is 15.6. The van der Waals surface area contributed by atoms with Crippen LogP contribution in [-0.2, 0) is 0 Å². The third-order valence-electron chi connectivity index (χ3n) is 3.95. The van der Waals surface area contributed by atoms with E-state index >= 15 is 0 Å². The summed E-state index contributed by atoms with van der Waals surface area (Å²) in [6.45, 7) is 0. The van der Waals surface area contributed by atoms with Gasteiger partial charge in [0.25, 0.3) is 0 Å². The van der Waals surface area contributed by atoms with Gasteiger partial charge in [0, 0.05) is 5.56 Å². The van der Waals surface area contributed by atoms with Gasteiger partial charge >= 0.3 is 5.63 Å². The van der Waals surface area contributed by atoms with E-state index in [1.807, 2.05) is 66.7 Å². The zero-order valence-corrected chi connectivity index (χ0v) is 12.4. The lowest BCUT2D eigenvalue weighted by molar-refractivity contribution is 0.535. The molecule has 1 aromatic heterocycles. The normalized spacial score (nSPS) is 10.8. The minimum atomic E-state index is -0.305. The SMILES string of the molecule is O=c1oc(-c2ccccc2-c2ccccc2)cc2ccccc12. The molecule has 4 aromatic rings. The highest BCUT2D eigenvalue weighted by atomic mass is 16.4. The lowest BCUT2D eigenvalue weighted by Crippen LogP contribution is -2.00. The van der Waals surface area contributed by atoms with Crippen molar-refractivity contribution in [1.29, 1.82) is 0 Å². The van der Waals surface area contributed by atoms with Crippen LogP contribution < -0.4 is 5.63 Å². The fraction of sp³-hybridized carbons (Fsp3) is 0. The molecule has 1 heterocycles. The Morgan fingerprint density at radius 3 is 2.13 bits per heavy atom. The molecule has 110 valence electrons. The zero-order valence-electron chi connectivity index (χ0n) is 12.4. The summed E-state index contributed by atoms with van der Waals surface area (Å²) in [7, 11) is 0. The van der Waals surface area contributed by atoms with E-state index in [2.05, 4.69) is 12.1 Å². The molecule has 0 bridgehead atoms. The first kappa shape index (κ1) is 13.5. The highest BCUT2D eigenvalue weighted by Crippen LogP contribution is 2.32. The molecule has 0 aliphatic carbocycles. The van der Waals surface area contributed by atoms with Crippen LogP contribution in [0, 0.1) is 0 Å². The maximum absolute atomic E-state index is 12.3. The first-order valence-electron chi connectivity index (χ1n) is 7.51. The van der Waals surface area contributed by atoms with E-state index in [1.54, 1.807) is 6.07 Å². The summed E-state index contributed by atoms with van der Waals surface area (Å²) in [4.78, 5) is 12.3. The van der Waals surface area contributed by atoms with Gasteiger partial charge in [-0.1, -0.05) is 72.8 Å². The summed E-state index contributed by atoms with van der Waals surface area (Å²) in [5, 5.41) is 1.50. The van der Waals surface area contributed by atoms with Crippen molar-refractivity contribution in [1.82, 2.24) is 0 Å². The molecule has 0 aliphatic heterocycles. The summed E-state index contributed by atoms with van der Waals surface area (Å²) in [5.74, 6) is 0.591. The van der Waals surface area contributed by atoms with Crippen molar-refractivity contribution >= 4 is 10.8 Å². The molecular formula is C21H14O2. The summed E-state index contributed by atoms with van der Waals surface area (Å²) in [5.41, 5.74) is 2.76. The monoisotopic (exact) mass is 298 g/mol. The Morgan fingerprint density at radius 1 is 0.652 bits per heavy atom. The van der Waals surface area contributed by atoms with Gasteiger partial charge in [-0.05, 0) is 28.6 Å². The van der Waals surface area contributed by atoms with Crippen molar-refractivity contribution in [2.75, 3.05) is 0 Å². The molecule has 0 unspecified atom stereocenters. The second kappa shape index (κ2) is 5.58. The molecule has 3 aromatic carbocycles. The van der Waals surface area contributed by atoms with E-state index in [1.165, 1.54) is 0 Å². The van der Waals surface area contributed by atoms with Crippen molar-refractivity contribution in [3.8, 4) is 22.5 Å². The maximum atomic E-state index is 12.3. The third kappa shape index (κ3) is 2.44. The quantitative estimate of drug-likeness (QED) is 0.513. The van der Waals surface area contributed by atoms with Crippen LogP contribution >= 0.6 is 0 Å². The minimum Gasteiger partial charge on any atom is -0.422 e. The number of fused-ring (bicyclic) bond motifs is 1. The van der Waals surface area contributed by atoms with Gasteiger partial charge in [-0.15, -0.1) is 0 Å². The first-order chi connectivity index (χ1) is 11.3. The van der Waals surface area contributed by atoms with Gasteiger partial charge in [0.05, 0.1) is 5.39 Å². The molecule has 0 aliphatic rings. The van der Waals surface area contributed by atoms with E-state index in [9.17, 15) is 4.79 Å². The standard InChI is InChI=1S/C21H14O2/c22-21-18-12-5-4-10-16(18)14-20(23-21)19-13-7-6-11-17(19)15-8-2-1-3-9-15/h1-14H. The van der Waals surface area contributed by atoms with Crippen molar-refractivity contribution in [3.63, 3.8) is 0 Å². The van der Waals surface area contributed by atoms with Crippen LogP contribution in [0.4, 0.5) is 0 Å². The molecule has 0 spiro atoms. The largest absolute Gasteiger partial charge is 0.422 e. The number of hydrogen-bond acceptors (Lipinski definition) is 2. The topological polar surface area (TPSA) is 30.2 Å². The summed E-state index contributed by atoms with van der Waals surface area (Å²) in [6, 6.07) is 27.5. The predicted octanol–water partition coefficient (Wildman–Crippen LogP) is 5.13. The number of benzene rings is 3. The molecule has 0 amide bonds. The van der Waals surface area contributed by atoms with E-state index in [0.29, 0.717) is 11.1 Å². The van der Waals surface area contributed by atoms with E-state index < -0.39 is 0 Å². The van der Waals surface area contributed by atoms with Crippen LogP contribution in [0.2, 0.25) is 0 Å². The van der Waals surface area contributed by atoms with Crippen LogP contribution in [0.3, 0.4) is 0 Å². The highest BCUT2D eigenvalue weighted by molar-refractivity contribution is 5.87. The molecule has 0 saturated carbocycles. The van der Waals surface area contributed by atoms with Gasteiger partial charge < -0.3 is 4.42 Å². The van der Waals surface area contributed by atoms with Crippen LogP contribution in [-0.4, -0.2) is 0 Å². The molecule has 0 N–H and O–H groups in total. The summed E-state index contributed by atoms with van der Waals surface area (Å²) in [6.07, 6.45) is 0. The van der Waals surface area contributed by atoms with Gasteiger partial charge in [-0.2, -0.15) is 0 Å².